The SMILES string of the molecule is CCC1CCC(N(C)CC(C)(CC)CO)CC1. The highest BCUT2D eigenvalue weighted by Crippen LogP contribution is 2.31. The fourth-order valence-corrected chi connectivity index (χ4v) is 3.00. The van der Waals surface area contributed by atoms with Gasteiger partial charge in [-0.1, -0.05) is 27.2 Å². The number of hydrogen-bond donors (Lipinski definition) is 1. The van der Waals surface area contributed by atoms with Crippen molar-refractivity contribution in [2.45, 2.75) is 65.3 Å². The lowest BCUT2D eigenvalue weighted by molar-refractivity contribution is 0.0626. The van der Waals surface area contributed by atoms with Crippen molar-refractivity contribution in [3.05, 3.63) is 0 Å². The first-order valence-corrected chi connectivity index (χ1v) is 7.35. The lowest BCUT2D eigenvalue weighted by Gasteiger charge is -2.39. The Labute approximate surface area is 107 Å². The van der Waals surface area contributed by atoms with Gasteiger partial charge < -0.3 is 10.0 Å². The zero-order valence-corrected chi connectivity index (χ0v) is 12.2. The summed E-state index contributed by atoms with van der Waals surface area (Å²) in [6.07, 6.45) is 7.89. The van der Waals surface area contributed by atoms with Gasteiger partial charge in [0.2, 0.25) is 0 Å². The van der Waals surface area contributed by atoms with Crippen molar-refractivity contribution in [1.82, 2.24) is 4.90 Å². The Morgan fingerprint density at radius 1 is 1.18 bits per heavy atom. The van der Waals surface area contributed by atoms with Gasteiger partial charge in [-0.3, -0.25) is 0 Å². The number of hydrogen-bond acceptors (Lipinski definition) is 2. The molecular weight excluding hydrogens is 210 g/mol. The van der Waals surface area contributed by atoms with E-state index in [1.165, 1.54) is 32.1 Å². The van der Waals surface area contributed by atoms with Gasteiger partial charge in [0.15, 0.2) is 0 Å². The van der Waals surface area contributed by atoms with Crippen LogP contribution in [0.25, 0.3) is 0 Å². The highest BCUT2D eigenvalue weighted by atomic mass is 16.3. The first-order valence-electron chi connectivity index (χ1n) is 7.35. The van der Waals surface area contributed by atoms with Gasteiger partial charge in [0, 0.05) is 24.6 Å². The minimum Gasteiger partial charge on any atom is -0.396 e. The molecule has 0 aromatic heterocycles. The van der Waals surface area contributed by atoms with Gasteiger partial charge in [-0.15, -0.1) is 0 Å². The molecule has 2 nitrogen and oxygen atoms in total. The van der Waals surface area contributed by atoms with Gasteiger partial charge in [0.1, 0.15) is 0 Å². The van der Waals surface area contributed by atoms with Crippen molar-refractivity contribution in [3.8, 4) is 0 Å². The second-order valence-electron chi connectivity index (χ2n) is 6.32. The second kappa shape index (κ2) is 6.75. The lowest BCUT2D eigenvalue weighted by atomic mass is 9.82. The van der Waals surface area contributed by atoms with E-state index >= 15 is 0 Å². The Kier molecular flexibility index (Phi) is 5.94. The van der Waals surface area contributed by atoms with Crippen molar-refractivity contribution < 1.29 is 5.11 Å². The number of nitrogens with zero attached hydrogens (tertiary/aromatic N) is 1. The van der Waals surface area contributed by atoms with Gasteiger partial charge in [0.25, 0.3) is 0 Å². The summed E-state index contributed by atoms with van der Waals surface area (Å²) in [6, 6.07) is 0.746. The van der Waals surface area contributed by atoms with Crippen LogP contribution in [-0.4, -0.2) is 36.2 Å². The zero-order valence-electron chi connectivity index (χ0n) is 12.2. The quantitative estimate of drug-likeness (QED) is 0.771. The molecule has 2 heteroatoms. The van der Waals surface area contributed by atoms with Crippen LogP contribution in [0.15, 0.2) is 0 Å². The van der Waals surface area contributed by atoms with Crippen molar-refractivity contribution >= 4 is 0 Å². The normalized spacial score (nSPS) is 29.3. The Balaban J connectivity index is 2.41. The molecule has 0 aliphatic heterocycles. The van der Waals surface area contributed by atoms with E-state index in [9.17, 15) is 5.11 Å². The van der Waals surface area contributed by atoms with Crippen LogP contribution in [0.1, 0.15) is 59.3 Å². The van der Waals surface area contributed by atoms with Crippen molar-refractivity contribution in [2.24, 2.45) is 11.3 Å². The lowest BCUT2D eigenvalue weighted by Crippen LogP contribution is -2.42. The predicted molar refractivity (Wildman–Crippen MR) is 74.2 cm³/mol. The highest BCUT2D eigenvalue weighted by Gasteiger charge is 2.28. The van der Waals surface area contributed by atoms with Crippen LogP contribution in [-0.2, 0) is 0 Å². The maximum absolute atomic E-state index is 9.49. The van der Waals surface area contributed by atoms with E-state index < -0.39 is 0 Å². The molecule has 1 N–H and O–H groups in total. The summed E-state index contributed by atoms with van der Waals surface area (Å²) < 4.78 is 0. The first kappa shape index (κ1) is 15.0. The predicted octanol–water partition coefficient (Wildman–Crippen LogP) is 3.30. The Hall–Kier alpha value is -0.0800. The minimum absolute atomic E-state index is 0.0797. The summed E-state index contributed by atoms with van der Waals surface area (Å²) in [6.45, 7) is 8.02. The molecule has 1 saturated carbocycles. The molecule has 1 aliphatic rings. The van der Waals surface area contributed by atoms with E-state index in [0.29, 0.717) is 6.61 Å². The van der Waals surface area contributed by atoms with E-state index in [0.717, 1.165) is 24.9 Å². The van der Waals surface area contributed by atoms with Gasteiger partial charge in [-0.25, -0.2) is 0 Å². The van der Waals surface area contributed by atoms with Gasteiger partial charge >= 0.3 is 0 Å². The summed E-state index contributed by atoms with van der Waals surface area (Å²) in [5, 5.41) is 9.49. The standard InChI is InChI=1S/C15H31NO/c1-5-13-7-9-14(10-8-13)16(4)11-15(3,6-2)12-17/h13-14,17H,5-12H2,1-4H3. The maximum Gasteiger partial charge on any atom is 0.0496 e. The van der Waals surface area contributed by atoms with E-state index in [2.05, 4.69) is 32.7 Å². The average molecular weight is 241 g/mol. The molecule has 102 valence electrons. The Morgan fingerprint density at radius 2 is 1.76 bits per heavy atom. The molecule has 1 aliphatic carbocycles. The molecule has 0 radical (unpaired) electrons. The Morgan fingerprint density at radius 3 is 2.18 bits per heavy atom. The molecule has 0 aromatic carbocycles. The molecular formula is C15H31NO. The molecule has 0 amide bonds. The average Bonchev–Trinajstić information content (AvgIpc) is 2.38. The summed E-state index contributed by atoms with van der Waals surface area (Å²) >= 11 is 0. The van der Waals surface area contributed by atoms with Crippen molar-refractivity contribution in [3.63, 3.8) is 0 Å². The number of aliphatic hydroxyl groups excluding tert-OH is 1. The van der Waals surface area contributed by atoms with Crippen molar-refractivity contribution in [2.75, 3.05) is 20.2 Å². The topological polar surface area (TPSA) is 23.5 Å². The van der Waals surface area contributed by atoms with E-state index in [-0.39, 0.29) is 5.41 Å². The molecule has 0 bridgehead atoms. The molecule has 0 aromatic rings. The zero-order chi connectivity index (χ0) is 12.9. The summed E-state index contributed by atoms with van der Waals surface area (Å²) in [4.78, 5) is 2.49. The molecule has 0 spiro atoms. The molecule has 1 fully saturated rings. The minimum atomic E-state index is 0.0797. The van der Waals surface area contributed by atoms with Crippen LogP contribution < -0.4 is 0 Å². The summed E-state index contributed by atoms with van der Waals surface area (Å²) in [7, 11) is 2.24. The van der Waals surface area contributed by atoms with E-state index in [1.54, 1.807) is 0 Å². The van der Waals surface area contributed by atoms with Crippen LogP contribution in [0.4, 0.5) is 0 Å². The van der Waals surface area contributed by atoms with Crippen LogP contribution in [0.5, 0.6) is 0 Å². The van der Waals surface area contributed by atoms with E-state index in [1.807, 2.05) is 0 Å². The van der Waals surface area contributed by atoms with Crippen molar-refractivity contribution in [1.29, 1.82) is 0 Å². The van der Waals surface area contributed by atoms with Crippen LogP contribution in [0, 0.1) is 11.3 Å². The van der Waals surface area contributed by atoms with Crippen LogP contribution >= 0.6 is 0 Å². The third-order valence-corrected chi connectivity index (χ3v) is 4.88. The first-order chi connectivity index (χ1) is 8.04. The molecule has 1 unspecified atom stereocenters. The fourth-order valence-electron chi connectivity index (χ4n) is 3.00. The summed E-state index contributed by atoms with van der Waals surface area (Å²) in [5.41, 5.74) is 0.0797. The number of rotatable bonds is 6. The van der Waals surface area contributed by atoms with Crippen LogP contribution in [0.3, 0.4) is 0 Å². The summed E-state index contributed by atoms with van der Waals surface area (Å²) in [5.74, 6) is 0.968. The highest BCUT2D eigenvalue weighted by molar-refractivity contribution is 4.82. The monoisotopic (exact) mass is 241 g/mol. The molecule has 17 heavy (non-hydrogen) atoms. The molecule has 1 atom stereocenters. The third kappa shape index (κ3) is 4.26. The second-order valence-corrected chi connectivity index (χ2v) is 6.32. The van der Waals surface area contributed by atoms with Crippen LogP contribution in [0.2, 0.25) is 0 Å². The maximum atomic E-state index is 9.49. The molecule has 1 rings (SSSR count). The van der Waals surface area contributed by atoms with Gasteiger partial charge in [-0.05, 0) is 45.1 Å². The Bertz CT molecular complexity index is 205. The number of aliphatic hydroxyl groups is 1. The smallest absolute Gasteiger partial charge is 0.0496 e. The van der Waals surface area contributed by atoms with Gasteiger partial charge in [0.05, 0.1) is 0 Å². The largest absolute Gasteiger partial charge is 0.396 e. The molecule has 0 heterocycles. The van der Waals surface area contributed by atoms with E-state index in [4.69, 9.17) is 0 Å². The molecule has 0 saturated heterocycles. The van der Waals surface area contributed by atoms with Gasteiger partial charge in [-0.2, -0.15) is 0 Å². The fraction of sp³-hybridized carbons (Fsp3) is 1.00. The third-order valence-electron chi connectivity index (χ3n) is 4.88.